The number of anilines is 4. The van der Waals surface area contributed by atoms with Gasteiger partial charge in [0.2, 0.25) is 20.0 Å². The van der Waals surface area contributed by atoms with E-state index >= 15 is 0 Å². The van der Waals surface area contributed by atoms with Crippen LogP contribution in [0, 0.1) is 13.8 Å². The molecule has 4 atom stereocenters. The first kappa shape index (κ1) is 55.2. The summed E-state index contributed by atoms with van der Waals surface area (Å²) in [4.78, 5) is 55.0. The Morgan fingerprint density at radius 2 is 1.04 bits per heavy atom. The second-order valence-corrected chi connectivity index (χ2v) is 25.1. The number of piperidine rings is 2. The summed E-state index contributed by atoms with van der Waals surface area (Å²) in [6.45, 7) is 7.67. The standard InChI is InChI=1S/C51H64Cl2N18O6S2/c1-30-25-70-44(23-40(62-70)42-9-5-7-17-68(42)48(72)36-21-32(52)11-13-38(36)64-78(3,74)75)60-46(30)66-19-15-34(27-66)58-50(54)56-29-57-51(55)59-35-16-20-67(28-35)47-31(2)26-71-45(61-47)24-41(63-71)43-10-6-8-18-69(43)49(73)37-22-33(53)12-14-39(37)65-79(4,76)77/h11-14,21-26,34-35,42-43,64-65H,5-10,15-20,27-29H2,1-4H3,(H3,54,56,58)(H3,55,57,59). The van der Waals surface area contributed by atoms with E-state index in [9.17, 15) is 26.4 Å². The number of likely N-dealkylation sites (tertiary alicyclic amines) is 2. The number of aryl methyl sites for hydroxylation is 2. The number of sulfonamides is 2. The molecular weight excluding hydrogens is 1100 g/mol. The molecule has 10 rings (SSSR count). The molecule has 6 aromatic rings. The lowest BCUT2D eigenvalue weighted by molar-refractivity contribution is 0.0600. The molecule has 4 aromatic heterocycles. The zero-order valence-corrected chi connectivity index (χ0v) is 47.4. The van der Waals surface area contributed by atoms with Gasteiger partial charge in [0.25, 0.3) is 11.8 Å². The van der Waals surface area contributed by atoms with Crippen LogP contribution in [0.15, 0.2) is 70.9 Å². The molecule has 420 valence electrons. The molecule has 79 heavy (non-hydrogen) atoms. The van der Waals surface area contributed by atoms with Gasteiger partial charge >= 0.3 is 0 Å². The third-order valence-corrected chi connectivity index (χ3v) is 16.3. The minimum absolute atomic E-state index is 0.00110. The number of guanidine groups is 2. The first-order valence-electron chi connectivity index (χ1n) is 26.2. The van der Waals surface area contributed by atoms with Gasteiger partial charge < -0.3 is 41.7 Å². The lowest BCUT2D eigenvalue weighted by atomic mass is 9.98. The summed E-state index contributed by atoms with van der Waals surface area (Å²) < 4.78 is 57.0. The summed E-state index contributed by atoms with van der Waals surface area (Å²) in [5.74, 6) is 1.46. The molecule has 2 aromatic carbocycles. The number of hydrogen-bond donors (Lipinski definition) is 6. The van der Waals surface area contributed by atoms with Gasteiger partial charge in [0.15, 0.2) is 23.2 Å². The molecule has 2 amide bonds. The average molecular weight is 1160 g/mol. The molecule has 4 aliphatic heterocycles. The molecule has 28 heteroatoms. The number of nitrogens with two attached hydrogens (primary N) is 2. The maximum atomic E-state index is 14.1. The van der Waals surface area contributed by atoms with Crippen LogP contribution in [0.5, 0.6) is 0 Å². The fourth-order valence-corrected chi connectivity index (χ4v) is 12.6. The lowest BCUT2D eigenvalue weighted by Crippen LogP contribution is -2.42. The summed E-state index contributed by atoms with van der Waals surface area (Å²) in [7, 11) is -7.31. The molecule has 0 bridgehead atoms. The van der Waals surface area contributed by atoms with Crippen molar-refractivity contribution in [2.45, 2.75) is 89.4 Å². The van der Waals surface area contributed by atoms with E-state index in [2.05, 4.69) is 39.9 Å². The van der Waals surface area contributed by atoms with Gasteiger partial charge in [0.05, 0.1) is 58.5 Å². The number of carbonyl (C=O) groups excluding carboxylic acids is 2. The number of rotatable bonds is 14. The van der Waals surface area contributed by atoms with Crippen molar-refractivity contribution in [2.75, 3.05) is 77.7 Å². The van der Waals surface area contributed by atoms with Crippen molar-refractivity contribution < 1.29 is 26.4 Å². The van der Waals surface area contributed by atoms with Gasteiger partial charge in [-0.3, -0.25) is 19.0 Å². The number of halogens is 2. The summed E-state index contributed by atoms with van der Waals surface area (Å²) in [5, 5.41) is 17.1. The third kappa shape index (κ3) is 12.7. The van der Waals surface area contributed by atoms with E-state index in [0.29, 0.717) is 71.7 Å². The Morgan fingerprint density at radius 3 is 1.44 bits per heavy atom. The van der Waals surface area contributed by atoms with Gasteiger partial charge in [0, 0.05) is 97.1 Å². The number of amides is 2. The monoisotopic (exact) mass is 1160 g/mol. The van der Waals surface area contributed by atoms with E-state index in [1.807, 2.05) is 38.4 Å². The first-order chi connectivity index (χ1) is 37.6. The molecule has 0 aliphatic carbocycles. The lowest BCUT2D eigenvalue weighted by Gasteiger charge is -2.35. The third-order valence-electron chi connectivity index (χ3n) is 14.6. The van der Waals surface area contributed by atoms with Gasteiger partial charge in [0.1, 0.15) is 18.3 Å². The first-order valence-corrected chi connectivity index (χ1v) is 30.7. The molecule has 8 heterocycles. The van der Waals surface area contributed by atoms with E-state index in [0.717, 1.165) is 86.9 Å². The Labute approximate surface area is 468 Å². The van der Waals surface area contributed by atoms with Crippen LogP contribution in [-0.2, 0) is 20.0 Å². The summed E-state index contributed by atoms with van der Waals surface area (Å²) in [6, 6.07) is 12.2. The highest BCUT2D eigenvalue weighted by molar-refractivity contribution is 7.92. The minimum atomic E-state index is -3.66. The van der Waals surface area contributed by atoms with E-state index in [-0.39, 0.29) is 77.1 Å². The van der Waals surface area contributed by atoms with Crippen LogP contribution in [0.25, 0.3) is 11.3 Å². The Morgan fingerprint density at radius 1 is 0.620 bits per heavy atom. The van der Waals surface area contributed by atoms with Crippen molar-refractivity contribution in [3.8, 4) is 0 Å². The highest BCUT2D eigenvalue weighted by atomic mass is 35.5. The predicted molar refractivity (Wildman–Crippen MR) is 306 cm³/mol. The Hall–Kier alpha value is -7.16. The fourth-order valence-electron chi connectivity index (χ4n) is 11.1. The molecule has 0 radical (unpaired) electrons. The minimum Gasteiger partial charge on any atom is -0.370 e. The predicted octanol–water partition coefficient (Wildman–Crippen LogP) is 4.80. The zero-order chi connectivity index (χ0) is 55.9. The van der Waals surface area contributed by atoms with E-state index in [1.54, 1.807) is 31.0 Å². The summed E-state index contributed by atoms with van der Waals surface area (Å²) >= 11 is 12.6. The van der Waals surface area contributed by atoms with Crippen LogP contribution in [0.3, 0.4) is 0 Å². The smallest absolute Gasteiger partial charge is 0.256 e. The van der Waals surface area contributed by atoms with Gasteiger partial charge in [-0.2, -0.15) is 10.2 Å². The summed E-state index contributed by atoms with van der Waals surface area (Å²) in [5.41, 5.74) is 17.9. The maximum absolute atomic E-state index is 14.1. The van der Waals surface area contributed by atoms with Crippen molar-refractivity contribution in [3.05, 3.63) is 105 Å². The molecule has 8 N–H and O–H groups in total. The van der Waals surface area contributed by atoms with Crippen LogP contribution >= 0.6 is 23.2 Å². The maximum Gasteiger partial charge on any atom is 0.256 e. The van der Waals surface area contributed by atoms with Crippen molar-refractivity contribution in [2.24, 2.45) is 21.5 Å². The molecular formula is C51H64Cl2N18O6S2. The molecule has 24 nitrogen and oxygen atoms in total. The number of hydrogen-bond acceptors (Lipinski definition) is 14. The van der Waals surface area contributed by atoms with Crippen LogP contribution in [0.4, 0.5) is 23.0 Å². The largest absolute Gasteiger partial charge is 0.370 e. The van der Waals surface area contributed by atoms with Gasteiger partial charge in [-0.1, -0.05) is 23.2 Å². The van der Waals surface area contributed by atoms with Crippen LogP contribution < -0.4 is 41.3 Å². The number of aliphatic imine (C=N–C) groups is 2. The zero-order valence-electron chi connectivity index (χ0n) is 44.2. The second kappa shape index (κ2) is 22.5. The molecule has 4 aliphatic rings. The van der Waals surface area contributed by atoms with Crippen molar-refractivity contribution in [1.29, 1.82) is 0 Å². The number of fused-ring (bicyclic) bond motifs is 2. The normalized spacial score (nSPS) is 20.6. The molecule has 4 fully saturated rings. The molecule has 4 unspecified atom stereocenters. The van der Waals surface area contributed by atoms with E-state index in [1.165, 1.54) is 24.3 Å². The van der Waals surface area contributed by atoms with Gasteiger partial charge in [-0.05, 0) is 102 Å². The highest BCUT2D eigenvalue weighted by Gasteiger charge is 2.35. The topological polar surface area (TPSA) is 301 Å². The van der Waals surface area contributed by atoms with Crippen molar-refractivity contribution in [3.63, 3.8) is 0 Å². The molecule has 0 spiro atoms. The highest BCUT2D eigenvalue weighted by Crippen LogP contribution is 2.37. The van der Waals surface area contributed by atoms with Gasteiger partial charge in [-0.15, -0.1) is 0 Å². The number of benzene rings is 2. The molecule has 4 saturated heterocycles. The number of nitrogens with zero attached hydrogens (tertiary/aromatic N) is 12. The van der Waals surface area contributed by atoms with Crippen LogP contribution in [-0.4, -0.2) is 150 Å². The Bertz CT molecular complexity index is 3400. The number of carbonyl (C=O) groups is 2. The Balaban J connectivity index is 0.728. The second-order valence-electron chi connectivity index (χ2n) is 20.8. The SMILES string of the molecule is Cc1cn2nc(C3CCCCN3C(=O)c3cc(Cl)ccc3NS(C)(=O)=O)cc2nc1N1CCC(N/C(N)=N/C/N=C(\N)NC2CCN(c3nc4cc(C5CCCCN5C(=O)c5cc(Cl)ccc5NS(C)(=O)=O)nn4cc3C)C2)C1. The fraction of sp³-hybridized carbons (Fsp3) is 0.451. The molecule has 0 saturated carbocycles. The quantitative estimate of drug-likeness (QED) is 0.0631. The van der Waals surface area contributed by atoms with Crippen LogP contribution in [0.2, 0.25) is 10.0 Å². The van der Waals surface area contributed by atoms with Crippen molar-refractivity contribution >= 4 is 101 Å². The summed E-state index contributed by atoms with van der Waals surface area (Å²) in [6.07, 6.45) is 12.3. The average Bonchev–Trinajstić information content (AvgIpc) is 4.25. The van der Waals surface area contributed by atoms with E-state index in [4.69, 9.17) is 54.8 Å². The van der Waals surface area contributed by atoms with E-state index < -0.39 is 20.0 Å². The van der Waals surface area contributed by atoms with Gasteiger partial charge in [-0.25, -0.2) is 45.8 Å². The number of aromatic nitrogens is 6. The van der Waals surface area contributed by atoms with Crippen molar-refractivity contribution in [1.82, 2.24) is 49.6 Å². The number of nitrogens with one attached hydrogen (secondary N) is 4. The van der Waals surface area contributed by atoms with Crippen LogP contribution in [0.1, 0.15) is 107 Å². The Kier molecular flexibility index (Phi) is 15.7.